The number of amides is 1. The zero-order valence-corrected chi connectivity index (χ0v) is 17.2. The van der Waals surface area contributed by atoms with E-state index in [4.69, 9.17) is 4.52 Å². The minimum Gasteiger partial charge on any atom is -0.339 e. The third-order valence-corrected chi connectivity index (χ3v) is 5.77. The van der Waals surface area contributed by atoms with Crippen LogP contribution in [0.3, 0.4) is 0 Å². The lowest BCUT2D eigenvalue weighted by Crippen LogP contribution is -2.41. The first kappa shape index (κ1) is 20.7. The highest BCUT2D eigenvalue weighted by Gasteiger charge is 2.22. The van der Waals surface area contributed by atoms with Gasteiger partial charge in [-0.05, 0) is 38.1 Å². The van der Waals surface area contributed by atoms with Gasteiger partial charge in [-0.3, -0.25) is 4.79 Å². The molecule has 152 valence electrons. The van der Waals surface area contributed by atoms with E-state index in [0.29, 0.717) is 29.4 Å². The van der Waals surface area contributed by atoms with Crippen molar-refractivity contribution in [1.82, 2.24) is 14.9 Å². The molecule has 0 bridgehead atoms. The van der Waals surface area contributed by atoms with Gasteiger partial charge in [0.1, 0.15) is 0 Å². The monoisotopic (exact) mass is 414 g/mol. The normalized spacial score (nSPS) is 12.5. The molecule has 0 saturated carbocycles. The molecule has 0 aliphatic carbocycles. The van der Waals surface area contributed by atoms with E-state index in [1.165, 1.54) is 19.1 Å². The van der Waals surface area contributed by atoms with E-state index in [9.17, 15) is 13.2 Å². The van der Waals surface area contributed by atoms with Crippen LogP contribution in [0.15, 0.2) is 57.9 Å². The summed E-state index contributed by atoms with van der Waals surface area (Å²) < 4.78 is 32.4. The van der Waals surface area contributed by atoms with E-state index in [-0.39, 0.29) is 4.90 Å². The van der Waals surface area contributed by atoms with Crippen LogP contribution in [0.4, 0.5) is 5.69 Å². The summed E-state index contributed by atoms with van der Waals surface area (Å²) >= 11 is 0. The first-order chi connectivity index (χ1) is 13.8. The maximum atomic E-state index is 12.5. The highest BCUT2D eigenvalue weighted by molar-refractivity contribution is 7.89. The van der Waals surface area contributed by atoms with Gasteiger partial charge in [0, 0.05) is 17.7 Å². The summed E-state index contributed by atoms with van der Waals surface area (Å²) in [5, 5.41) is 6.61. The number of aromatic nitrogens is 2. The number of aryl methyl sites for hydroxylation is 2. The second kappa shape index (κ2) is 8.54. The molecular formula is C20H22N4O4S. The second-order valence-electron chi connectivity index (χ2n) is 6.59. The Balaban J connectivity index is 1.69. The quantitative estimate of drug-likeness (QED) is 0.614. The molecule has 0 fully saturated rings. The topological polar surface area (TPSA) is 114 Å². The number of benzene rings is 2. The van der Waals surface area contributed by atoms with Gasteiger partial charge in [-0.2, -0.15) is 9.71 Å². The molecule has 1 amide bonds. The summed E-state index contributed by atoms with van der Waals surface area (Å²) in [6.45, 7) is 5.26. The van der Waals surface area contributed by atoms with Crippen LogP contribution in [0, 0.1) is 6.92 Å². The summed E-state index contributed by atoms with van der Waals surface area (Å²) in [7, 11) is -3.81. The van der Waals surface area contributed by atoms with Crippen molar-refractivity contribution < 1.29 is 17.7 Å². The predicted molar refractivity (Wildman–Crippen MR) is 109 cm³/mol. The van der Waals surface area contributed by atoms with Crippen molar-refractivity contribution in [2.45, 2.75) is 38.1 Å². The number of rotatable bonds is 7. The number of sulfonamides is 1. The van der Waals surface area contributed by atoms with Crippen LogP contribution >= 0.6 is 0 Å². The van der Waals surface area contributed by atoms with Gasteiger partial charge in [0.05, 0.1) is 10.9 Å². The van der Waals surface area contributed by atoms with Crippen LogP contribution in [0.5, 0.6) is 0 Å². The maximum Gasteiger partial charge on any atom is 0.242 e. The summed E-state index contributed by atoms with van der Waals surface area (Å²) in [6, 6.07) is 12.4. The molecule has 1 heterocycles. The van der Waals surface area contributed by atoms with Crippen LogP contribution in [-0.2, 0) is 21.2 Å². The molecule has 29 heavy (non-hydrogen) atoms. The lowest BCUT2D eigenvalue weighted by atomic mass is 10.2. The van der Waals surface area contributed by atoms with Crippen molar-refractivity contribution in [2.75, 3.05) is 5.32 Å². The van der Waals surface area contributed by atoms with Crippen LogP contribution in [-0.4, -0.2) is 30.5 Å². The molecule has 8 nitrogen and oxygen atoms in total. The third-order valence-electron chi connectivity index (χ3n) is 4.22. The van der Waals surface area contributed by atoms with E-state index in [2.05, 4.69) is 20.2 Å². The molecule has 0 aliphatic heterocycles. The minimum atomic E-state index is -3.81. The Morgan fingerprint density at radius 3 is 2.55 bits per heavy atom. The van der Waals surface area contributed by atoms with Crippen molar-refractivity contribution in [3.63, 3.8) is 0 Å². The van der Waals surface area contributed by atoms with E-state index in [0.717, 1.165) is 5.56 Å². The van der Waals surface area contributed by atoms with Crippen LogP contribution in [0.2, 0.25) is 0 Å². The molecule has 0 saturated heterocycles. The molecule has 1 atom stereocenters. The number of nitrogens with zero attached hydrogens (tertiary/aromatic N) is 2. The molecule has 1 aromatic heterocycles. The highest BCUT2D eigenvalue weighted by atomic mass is 32.2. The van der Waals surface area contributed by atoms with Gasteiger partial charge in [0.15, 0.2) is 0 Å². The number of carbonyl (C=O) groups is 1. The molecule has 0 unspecified atom stereocenters. The van der Waals surface area contributed by atoms with Crippen LogP contribution < -0.4 is 10.0 Å². The van der Waals surface area contributed by atoms with Crippen molar-refractivity contribution in [3.05, 3.63) is 60.0 Å². The average molecular weight is 414 g/mol. The number of hydrogen-bond donors (Lipinski definition) is 2. The van der Waals surface area contributed by atoms with Gasteiger partial charge in [-0.25, -0.2) is 8.42 Å². The van der Waals surface area contributed by atoms with Crippen molar-refractivity contribution in [1.29, 1.82) is 0 Å². The predicted octanol–water partition coefficient (Wildman–Crippen LogP) is 2.91. The van der Waals surface area contributed by atoms with E-state index < -0.39 is 22.0 Å². The Bertz CT molecular complexity index is 1110. The van der Waals surface area contributed by atoms with Gasteiger partial charge in [-0.1, -0.05) is 41.9 Å². The van der Waals surface area contributed by atoms with Crippen molar-refractivity contribution in [3.8, 4) is 11.4 Å². The van der Waals surface area contributed by atoms with Gasteiger partial charge >= 0.3 is 0 Å². The smallest absolute Gasteiger partial charge is 0.242 e. The fourth-order valence-electron chi connectivity index (χ4n) is 2.57. The van der Waals surface area contributed by atoms with E-state index >= 15 is 0 Å². The zero-order valence-electron chi connectivity index (χ0n) is 16.3. The van der Waals surface area contributed by atoms with E-state index in [1.807, 2.05) is 13.8 Å². The molecular weight excluding hydrogens is 392 g/mol. The van der Waals surface area contributed by atoms with Crippen molar-refractivity contribution >= 4 is 21.6 Å². The number of anilines is 1. The van der Waals surface area contributed by atoms with Gasteiger partial charge in [0.25, 0.3) is 0 Å². The van der Waals surface area contributed by atoms with Gasteiger partial charge < -0.3 is 9.84 Å². The van der Waals surface area contributed by atoms with Crippen molar-refractivity contribution in [2.24, 2.45) is 0 Å². The molecule has 0 spiro atoms. The molecule has 3 aromatic rings. The minimum absolute atomic E-state index is 0.105. The lowest BCUT2D eigenvalue weighted by Gasteiger charge is -2.15. The fourth-order valence-corrected chi connectivity index (χ4v) is 3.78. The molecule has 2 N–H and O–H groups in total. The van der Waals surface area contributed by atoms with E-state index in [1.54, 1.807) is 36.4 Å². The van der Waals surface area contributed by atoms with Crippen LogP contribution in [0.25, 0.3) is 11.4 Å². The Kier molecular flexibility index (Phi) is 6.09. The first-order valence-corrected chi connectivity index (χ1v) is 10.6. The Morgan fingerprint density at radius 2 is 1.90 bits per heavy atom. The molecule has 0 radical (unpaired) electrons. The number of carbonyl (C=O) groups excluding carboxylic acids is 1. The highest BCUT2D eigenvalue weighted by Crippen LogP contribution is 2.20. The second-order valence-corrected chi connectivity index (χ2v) is 8.31. The Hall–Kier alpha value is -3.04. The maximum absolute atomic E-state index is 12.5. The summed E-state index contributed by atoms with van der Waals surface area (Å²) in [5.74, 6) is 0.458. The first-order valence-electron chi connectivity index (χ1n) is 9.11. The number of hydrogen-bond acceptors (Lipinski definition) is 6. The summed E-state index contributed by atoms with van der Waals surface area (Å²) in [4.78, 5) is 16.9. The molecule has 9 heteroatoms. The molecule has 3 rings (SSSR count). The average Bonchev–Trinajstić information content (AvgIpc) is 3.17. The zero-order chi connectivity index (χ0) is 21.0. The van der Waals surface area contributed by atoms with Gasteiger partial charge in [-0.15, -0.1) is 0 Å². The molecule has 2 aromatic carbocycles. The fraction of sp³-hybridized carbons (Fsp3) is 0.250. The Labute approximate surface area is 169 Å². The summed E-state index contributed by atoms with van der Waals surface area (Å²) in [6.07, 6.45) is 0.627. The standard InChI is InChI=1S/C20H22N4O4S/c1-4-18-22-19(23-28-18)15-6-5-7-16(12-15)21-20(25)14(3)24-29(26,27)17-10-8-13(2)9-11-17/h5-12,14,24H,4H2,1-3H3,(H,21,25)/t14-/m1/s1. The lowest BCUT2D eigenvalue weighted by molar-refractivity contribution is -0.117. The molecule has 0 aliphatic rings. The SMILES string of the molecule is CCc1nc(-c2cccc(NC(=O)[C@@H](C)NS(=O)(=O)c3ccc(C)cc3)c2)no1. The van der Waals surface area contributed by atoms with Gasteiger partial charge in [0.2, 0.25) is 27.6 Å². The van der Waals surface area contributed by atoms with Crippen LogP contribution in [0.1, 0.15) is 25.3 Å². The third kappa shape index (κ3) is 5.07. The number of nitrogens with one attached hydrogen (secondary N) is 2. The Morgan fingerprint density at radius 1 is 1.17 bits per heavy atom. The largest absolute Gasteiger partial charge is 0.339 e. The summed E-state index contributed by atoms with van der Waals surface area (Å²) in [5.41, 5.74) is 2.12.